The average molecular weight is 358 g/mol. The molecule has 0 fully saturated rings. The molecule has 0 aliphatic carbocycles. The van der Waals surface area contributed by atoms with Crippen LogP contribution >= 0.6 is 15.9 Å². The van der Waals surface area contributed by atoms with Crippen LogP contribution in [0.4, 0.5) is 0 Å². The number of rotatable bonds is 10. The van der Waals surface area contributed by atoms with Crippen LogP contribution in [0.5, 0.6) is 5.75 Å². The van der Waals surface area contributed by atoms with Crippen LogP contribution in [-0.4, -0.2) is 20.3 Å². The smallest absolute Gasteiger partial charge is 0.133 e. The van der Waals surface area contributed by atoms with Crippen molar-refractivity contribution in [3.05, 3.63) is 28.2 Å². The van der Waals surface area contributed by atoms with Crippen LogP contribution in [0, 0.1) is 5.92 Å². The molecule has 0 saturated heterocycles. The third kappa shape index (κ3) is 5.97. The van der Waals surface area contributed by atoms with Crippen molar-refractivity contribution < 1.29 is 9.47 Å². The molecule has 120 valence electrons. The van der Waals surface area contributed by atoms with E-state index in [0.717, 1.165) is 16.6 Å². The molecule has 0 amide bonds. The second kappa shape index (κ2) is 10.2. The average Bonchev–Trinajstić information content (AvgIpc) is 2.49. The Bertz CT molecular complexity index is 412. The Labute approximate surface area is 137 Å². The minimum Gasteiger partial charge on any atom is -0.490 e. The normalized spacial score (nSPS) is 14.0. The molecule has 0 spiro atoms. The van der Waals surface area contributed by atoms with Gasteiger partial charge in [-0.15, -0.1) is 0 Å². The Morgan fingerprint density at radius 1 is 1.24 bits per heavy atom. The third-order valence-corrected chi connectivity index (χ3v) is 4.47. The molecule has 4 heteroatoms. The molecule has 0 aromatic heterocycles. The van der Waals surface area contributed by atoms with E-state index in [1.807, 2.05) is 6.07 Å². The van der Waals surface area contributed by atoms with Gasteiger partial charge < -0.3 is 15.2 Å². The van der Waals surface area contributed by atoms with Gasteiger partial charge in [0.25, 0.3) is 0 Å². The number of benzene rings is 1. The van der Waals surface area contributed by atoms with Crippen molar-refractivity contribution >= 4 is 15.9 Å². The highest BCUT2D eigenvalue weighted by atomic mass is 79.9. The molecule has 0 bridgehead atoms. The molecular formula is C17H28BrNO2. The topological polar surface area (TPSA) is 44.5 Å². The van der Waals surface area contributed by atoms with E-state index < -0.39 is 0 Å². The first-order valence-electron chi connectivity index (χ1n) is 7.80. The van der Waals surface area contributed by atoms with Crippen LogP contribution in [0.3, 0.4) is 0 Å². The van der Waals surface area contributed by atoms with Crippen LogP contribution in [0.2, 0.25) is 0 Å². The van der Waals surface area contributed by atoms with Crippen molar-refractivity contribution in [2.24, 2.45) is 11.7 Å². The molecule has 1 aromatic carbocycles. The molecule has 0 aliphatic rings. The number of halogens is 1. The Morgan fingerprint density at radius 3 is 2.57 bits per heavy atom. The molecule has 2 unspecified atom stereocenters. The van der Waals surface area contributed by atoms with Gasteiger partial charge in [-0.05, 0) is 46.0 Å². The zero-order valence-corrected chi connectivity index (χ0v) is 15.0. The van der Waals surface area contributed by atoms with Gasteiger partial charge in [0, 0.05) is 13.2 Å². The van der Waals surface area contributed by atoms with Gasteiger partial charge in [-0.2, -0.15) is 0 Å². The van der Waals surface area contributed by atoms with Crippen molar-refractivity contribution in [3.8, 4) is 5.75 Å². The highest BCUT2D eigenvalue weighted by molar-refractivity contribution is 9.10. The molecule has 0 radical (unpaired) electrons. The van der Waals surface area contributed by atoms with Gasteiger partial charge in [0.15, 0.2) is 0 Å². The summed E-state index contributed by atoms with van der Waals surface area (Å²) in [5, 5.41) is 0. The monoisotopic (exact) mass is 357 g/mol. The van der Waals surface area contributed by atoms with E-state index in [1.165, 1.54) is 24.8 Å². The summed E-state index contributed by atoms with van der Waals surface area (Å²) in [4.78, 5) is 0. The predicted octanol–water partition coefficient (Wildman–Crippen LogP) is 4.69. The molecule has 1 rings (SSSR count). The molecule has 0 saturated carbocycles. The Balaban J connectivity index is 2.72. The van der Waals surface area contributed by atoms with Crippen molar-refractivity contribution in [3.63, 3.8) is 0 Å². The van der Waals surface area contributed by atoms with Crippen molar-refractivity contribution in [2.45, 2.75) is 45.6 Å². The number of ether oxygens (including phenoxy) is 2. The minimum atomic E-state index is 0.0888. The van der Waals surface area contributed by atoms with Crippen LogP contribution in [-0.2, 0) is 4.74 Å². The standard InChI is InChI=1S/C17H28BrNO2/c1-4-6-7-13(5-2)17(19)14-8-9-16(15(18)12-14)21-11-10-20-3/h8-9,12-13,17H,4-7,10-11,19H2,1-3H3. The quantitative estimate of drug-likeness (QED) is 0.617. The maximum Gasteiger partial charge on any atom is 0.133 e. The molecule has 2 N–H and O–H groups in total. The van der Waals surface area contributed by atoms with Gasteiger partial charge in [0.2, 0.25) is 0 Å². The van der Waals surface area contributed by atoms with Crippen LogP contribution < -0.4 is 10.5 Å². The lowest BCUT2D eigenvalue weighted by Gasteiger charge is -2.23. The number of hydrogen-bond donors (Lipinski definition) is 1. The largest absolute Gasteiger partial charge is 0.490 e. The summed E-state index contributed by atoms with van der Waals surface area (Å²) in [6, 6.07) is 6.24. The molecular weight excluding hydrogens is 330 g/mol. The van der Waals surface area contributed by atoms with E-state index in [-0.39, 0.29) is 6.04 Å². The lowest BCUT2D eigenvalue weighted by Crippen LogP contribution is -2.21. The molecule has 3 nitrogen and oxygen atoms in total. The first-order chi connectivity index (χ1) is 10.1. The highest BCUT2D eigenvalue weighted by Crippen LogP contribution is 2.32. The summed E-state index contributed by atoms with van der Waals surface area (Å²) in [5.41, 5.74) is 7.62. The second-order valence-electron chi connectivity index (χ2n) is 5.37. The summed E-state index contributed by atoms with van der Waals surface area (Å²) in [6.07, 6.45) is 4.77. The zero-order valence-electron chi connectivity index (χ0n) is 13.4. The predicted molar refractivity (Wildman–Crippen MR) is 91.7 cm³/mol. The van der Waals surface area contributed by atoms with Gasteiger partial charge in [0.05, 0.1) is 11.1 Å². The zero-order chi connectivity index (χ0) is 15.7. The van der Waals surface area contributed by atoms with Gasteiger partial charge in [-0.1, -0.05) is 39.2 Å². The fraction of sp³-hybridized carbons (Fsp3) is 0.647. The summed E-state index contributed by atoms with van der Waals surface area (Å²) < 4.78 is 11.6. The van der Waals surface area contributed by atoms with Gasteiger partial charge in [-0.3, -0.25) is 0 Å². The number of nitrogens with two attached hydrogens (primary N) is 1. The van der Waals surface area contributed by atoms with Crippen molar-refractivity contribution in [2.75, 3.05) is 20.3 Å². The fourth-order valence-corrected chi connectivity index (χ4v) is 2.96. The van der Waals surface area contributed by atoms with Gasteiger partial charge in [0.1, 0.15) is 12.4 Å². The van der Waals surface area contributed by atoms with Gasteiger partial charge in [-0.25, -0.2) is 0 Å². The van der Waals surface area contributed by atoms with Crippen molar-refractivity contribution in [1.29, 1.82) is 0 Å². The van der Waals surface area contributed by atoms with Crippen LogP contribution in [0.25, 0.3) is 0 Å². The van der Waals surface area contributed by atoms with E-state index in [1.54, 1.807) is 7.11 Å². The Morgan fingerprint density at radius 2 is 2.00 bits per heavy atom. The summed E-state index contributed by atoms with van der Waals surface area (Å²) in [5.74, 6) is 1.38. The van der Waals surface area contributed by atoms with E-state index in [2.05, 4.69) is 41.9 Å². The summed E-state index contributed by atoms with van der Waals surface area (Å²) >= 11 is 3.57. The highest BCUT2D eigenvalue weighted by Gasteiger charge is 2.18. The number of hydrogen-bond acceptors (Lipinski definition) is 3. The minimum absolute atomic E-state index is 0.0888. The summed E-state index contributed by atoms with van der Waals surface area (Å²) in [7, 11) is 1.67. The Hall–Kier alpha value is -0.580. The fourth-order valence-electron chi connectivity index (χ4n) is 2.45. The molecule has 0 aliphatic heterocycles. The molecule has 2 atom stereocenters. The maximum atomic E-state index is 6.45. The lowest BCUT2D eigenvalue weighted by atomic mass is 9.87. The van der Waals surface area contributed by atoms with Crippen LogP contribution in [0.1, 0.15) is 51.1 Å². The Kier molecular flexibility index (Phi) is 8.97. The second-order valence-corrected chi connectivity index (χ2v) is 6.22. The third-order valence-electron chi connectivity index (χ3n) is 3.85. The SMILES string of the molecule is CCCCC(CC)C(N)c1ccc(OCCOC)c(Br)c1. The summed E-state index contributed by atoms with van der Waals surface area (Å²) in [6.45, 7) is 5.58. The van der Waals surface area contributed by atoms with Crippen LogP contribution in [0.15, 0.2) is 22.7 Å². The van der Waals surface area contributed by atoms with Gasteiger partial charge >= 0.3 is 0 Å². The first kappa shape index (κ1) is 18.5. The first-order valence-corrected chi connectivity index (χ1v) is 8.60. The number of unbranched alkanes of at least 4 members (excludes halogenated alkanes) is 1. The van der Waals surface area contributed by atoms with E-state index in [9.17, 15) is 0 Å². The van der Waals surface area contributed by atoms with E-state index in [0.29, 0.717) is 19.1 Å². The number of methoxy groups -OCH3 is 1. The maximum absolute atomic E-state index is 6.45. The van der Waals surface area contributed by atoms with Crippen molar-refractivity contribution in [1.82, 2.24) is 0 Å². The van der Waals surface area contributed by atoms with E-state index in [4.69, 9.17) is 15.2 Å². The lowest BCUT2D eigenvalue weighted by molar-refractivity contribution is 0.146. The molecule has 1 aromatic rings. The molecule has 21 heavy (non-hydrogen) atoms. The van der Waals surface area contributed by atoms with E-state index >= 15 is 0 Å². The molecule has 0 heterocycles.